The van der Waals surface area contributed by atoms with Crippen LogP contribution in [0.2, 0.25) is 0 Å². The Morgan fingerprint density at radius 1 is 1.18 bits per heavy atom. The molecule has 0 aromatic carbocycles. The van der Waals surface area contributed by atoms with Crippen LogP contribution in [0.5, 0.6) is 0 Å². The highest BCUT2D eigenvalue weighted by molar-refractivity contribution is 5.05. The molecule has 1 aliphatic rings. The maximum atomic E-state index is 4.58. The fourth-order valence-corrected chi connectivity index (χ4v) is 2.81. The van der Waals surface area contributed by atoms with Crippen LogP contribution in [0, 0.1) is 6.92 Å². The summed E-state index contributed by atoms with van der Waals surface area (Å²) < 4.78 is 2.37. The first-order chi connectivity index (χ1) is 8.18. The van der Waals surface area contributed by atoms with Gasteiger partial charge in [0.05, 0.1) is 6.54 Å². The van der Waals surface area contributed by atoms with Gasteiger partial charge in [-0.2, -0.15) is 0 Å². The molecule has 0 N–H and O–H groups in total. The molecule has 2 heterocycles. The predicted molar refractivity (Wildman–Crippen MR) is 71.1 cm³/mol. The first kappa shape index (κ1) is 12.6. The Bertz CT molecular complexity index is 346. The van der Waals surface area contributed by atoms with Gasteiger partial charge in [0.15, 0.2) is 0 Å². The second-order valence-electron chi connectivity index (χ2n) is 5.47. The van der Waals surface area contributed by atoms with E-state index >= 15 is 0 Å². The third-order valence-electron chi connectivity index (χ3n) is 3.64. The van der Waals surface area contributed by atoms with Gasteiger partial charge >= 0.3 is 0 Å². The molecule has 1 aromatic rings. The molecule has 3 nitrogen and oxygen atoms in total. The van der Waals surface area contributed by atoms with Crippen LogP contribution >= 0.6 is 0 Å². The number of nitrogens with zero attached hydrogens (tertiary/aromatic N) is 3. The Hall–Kier alpha value is -0.830. The Balaban J connectivity index is 2.06. The van der Waals surface area contributed by atoms with Gasteiger partial charge in [-0.15, -0.1) is 0 Å². The molecule has 1 saturated heterocycles. The van der Waals surface area contributed by atoms with Gasteiger partial charge in [0.25, 0.3) is 0 Å². The number of hydrogen-bond donors (Lipinski definition) is 0. The number of hydrogen-bond acceptors (Lipinski definition) is 2. The number of imidazole rings is 1. The van der Waals surface area contributed by atoms with Crippen LogP contribution in [0.4, 0.5) is 0 Å². The van der Waals surface area contributed by atoms with E-state index in [2.05, 4.69) is 35.2 Å². The maximum Gasteiger partial charge on any atom is 0.123 e. The Morgan fingerprint density at radius 3 is 2.41 bits per heavy atom. The highest BCUT2D eigenvalue weighted by Crippen LogP contribution is 2.17. The third kappa shape index (κ3) is 3.09. The average Bonchev–Trinajstić information content (AvgIpc) is 2.51. The van der Waals surface area contributed by atoms with Gasteiger partial charge in [0, 0.05) is 17.9 Å². The van der Waals surface area contributed by atoms with Gasteiger partial charge in [-0.3, -0.25) is 4.90 Å². The molecule has 3 heteroatoms. The summed E-state index contributed by atoms with van der Waals surface area (Å²) in [5.41, 5.74) is 1.28. The van der Waals surface area contributed by atoms with Crippen LogP contribution in [0.15, 0.2) is 6.20 Å². The zero-order valence-electron chi connectivity index (χ0n) is 11.4. The van der Waals surface area contributed by atoms with Crippen molar-refractivity contribution < 1.29 is 0 Å². The van der Waals surface area contributed by atoms with Crippen molar-refractivity contribution in [2.75, 3.05) is 13.1 Å². The normalized spacial score (nSPS) is 18.6. The minimum Gasteiger partial charge on any atom is -0.329 e. The fourth-order valence-electron chi connectivity index (χ4n) is 2.81. The summed E-state index contributed by atoms with van der Waals surface area (Å²) >= 11 is 0. The molecule has 0 aliphatic carbocycles. The number of aryl methyl sites for hydroxylation is 1. The van der Waals surface area contributed by atoms with Crippen LogP contribution < -0.4 is 0 Å². The van der Waals surface area contributed by atoms with E-state index in [1.165, 1.54) is 50.3 Å². The van der Waals surface area contributed by atoms with Crippen molar-refractivity contribution >= 4 is 0 Å². The topological polar surface area (TPSA) is 21.1 Å². The van der Waals surface area contributed by atoms with E-state index in [1.54, 1.807) is 0 Å². The molecular formula is C14H25N3. The van der Waals surface area contributed by atoms with Crippen molar-refractivity contribution in [3.8, 4) is 0 Å². The number of aromatic nitrogens is 2. The average molecular weight is 235 g/mol. The summed E-state index contributed by atoms with van der Waals surface area (Å²) in [6.45, 7) is 10.1. The van der Waals surface area contributed by atoms with Crippen LogP contribution in [0.1, 0.15) is 57.1 Å². The predicted octanol–water partition coefficient (Wildman–Crippen LogP) is 3.15. The zero-order valence-corrected chi connectivity index (χ0v) is 11.4. The first-order valence-corrected chi connectivity index (χ1v) is 6.93. The van der Waals surface area contributed by atoms with Crippen LogP contribution in [-0.2, 0) is 6.54 Å². The molecule has 17 heavy (non-hydrogen) atoms. The standard InChI is InChI=1S/C14H25N3/c1-12(2)17-13(3)10-15-14(17)11-16-8-6-4-5-7-9-16/h10,12H,4-9,11H2,1-3H3. The lowest BCUT2D eigenvalue weighted by Crippen LogP contribution is -2.26. The summed E-state index contributed by atoms with van der Waals surface area (Å²) in [4.78, 5) is 7.15. The molecule has 0 saturated carbocycles. The lowest BCUT2D eigenvalue weighted by Gasteiger charge is -2.21. The molecule has 0 amide bonds. The highest BCUT2D eigenvalue weighted by atomic mass is 15.2. The summed E-state index contributed by atoms with van der Waals surface area (Å²) in [7, 11) is 0. The molecule has 0 spiro atoms. The SMILES string of the molecule is Cc1cnc(CN2CCCCCC2)n1C(C)C. The van der Waals surface area contributed by atoms with Gasteiger partial charge in [0.1, 0.15) is 5.82 Å². The molecule has 2 rings (SSSR count). The molecule has 1 fully saturated rings. The lowest BCUT2D eigenvalue weighted by molar-refractivity contribution is 0.263. The highest BCUT2D eigenvalue weighted by Gasteiger charge is 2.15. The van der Waals surface area contributed by atoms with E-state index in [-0.39, 0.29) is 0 Å². The van der Waals surface area contributed by atoms with Gasteiger partial charge in [-0.05, 0) is 46.7 Å². The van der Waals surface area contributed by atoms with Crippen molar-refractivity contribution in [2.24, 2.45) is 0 Å². The number of likely N-dealkylation sites (tertiary alicyclic amines) is 1. The van der Waals surface area contributed by atoms with Crippen LogP contribution in [0.3, 0.4) is 0 Å². The Morgan fingerprint density at radius 2 is 1.82 bits per heavy atom. The van der Waals surface area contributed by atoms with Crippen molar-refractivity contribution in [1.29, 1.82) is 0 Å². The van der Waals surface area contributed by atoms with Crippen LogP contribution in [0.25, 0.3) is 0 Å². The second-order valence-corrected chi connectivity index (χ2v) is 5.47. The molecule has 0 atom stereocenters. The molecule has 1 aliphatic heterocycles. The second kappa shape index (κ2) is 5.67. The summed E-state index contributed by atoms with van der Waals surface area (Å²) in [5, 5.41) is 0. The van der Waals surface area contributed by atoms with Crippen molar-refractivity contribution in [3.63, 3.8) is 0 Å². The smallest absolute Gasteiger partial charge is 0.123 e. The minimum absolute atomic E-state index is 0.513. The Kier molecular flexibility index (Phi) is 4.21. The third-order valence-corrected chi connectivity index (χ3v) is 3.64. The molecule has 0 bridgehead atoms. The first-order valence-electron chi connectivity index (χ1n) is 6.93. The van der Waals surface area contributed by atoms with E-state index < -0.39 is 0 Å². The lowest BCUT2D eigenvalue weighted by atomic mass is 10.2. The zero-order chi connectivity index (χ0) is 12.3. The largest absolute Gasteiger partial charge is 0.329 e. The van der Waals surface area contributed by atoms with E-state index in [9.17, 15) is 0 Å². The van der Waals surface area contributed by atoms with E-state index in [4.69, 9.17) is 0 Å². The van der Waals surface area contributed by atoms with Gasteiger partial charge in [-0.25, -0.2) is 4.98 Å². The summed E-state index contributed by atoms with van der Waals surface area (Å²) in [6.07, 6.45) is 7.50. The van der Waals surface area contributed by atoms with Crippen molar-refractivity contribution in [3.05, 3.63) is 17.7 Å². The minimum atomic E-state index is 0.513. The molecule has 0 radical (unpaired) electrons. The van der Waals surface area contributed by atoms with Gasteiger partial charge in [-0.1, -0.05) is 12.8 Å². The van der Waals surface area contributed by atoms with Crippen molar-refractivity contribution in [1.82, 2.24) is 14.5 Å². The molecule has 1 aromatic heterocycles. The molecule has 0 unspecified atom stereocenters. The number of rotatable bonds is 3. The van der Waals surface area contributed by atoms with Gasteiger partial charge < -0.3 is 4.57 Å². The summed E-state index contributed by atoms with van der Waals surface area (Å²) in [5.74, 6) is 1.24. The monoisotopic (exact) mass is 235 g/mol. The Labute approximate surface area is 105 Å². The van der Waals surface area contributed by atoms with E-state index in [0.717, 1.165) is 6.54 Å². The maximum absolute atomic E-state index is 4.58. The van der Waals surface area contributed by atoms with Gasteiger partial charge in [0.2, 0.25) is 0 Å². The van der Waals surface area contributed by atoms with Crippen LogP contribution in [-0.4, -0.2) is 27.5 Å². The van der Waals surface area contributed by atoms with Crippen molar-refractivity contribution in [2.45, 2.75) is 59.0 Å². The summed E-state index contributed by atoms with van der Waals surface area (Å²) in [6, 6.07) is 0.513. The quantitative estimate of drug-likeness (QED) is 0.802. The molecular weight excluding hydrogens is 210 g/mol. The van der Waals surface area contributed by atoms with E-state index in [1.807, 2.05) is 6.20 Å². The van der Waals surface area contributed by atoms with E-state index in [0.29, 0.717) is 6.04 Å². The fraction of sp³-hybridized carbons (Fsp3) is 0.786. The molecule has 96 valence electrons.